The predicted octanol–water partition coefficient (Wildman–Crippen LogP) is 2.60. The number of aromatic nitrogens is 3. The molecule has 0 saturated heterocycles. The Morgan fingerprint density at radius 1 is 1.29 bits per heavy atom. The second-order valence-electron chi connectivity index (χ2n) is 4.31. The molecule has 21 heavy (non-hydrogen) atoms. The molecule has 0 spiro atoms. The molecule has 3 aromatic rings. The Hall–Kier alpha value is -2.54. The predicted molar refractivity (Wildman–Crippen MR) is 77.3 cm³/mol. The molecule has 0 fully saturated rings. The van der Waals surface area contributed by atoms with Crippen molar-refractivity contribution in [3.8, 4) is 11.4 Å². The Balaban J connectivity index is 1.65. The monoisotopic (exact) mass is 302 g/mol. The molecular formula is C14H11FN4OS. The Labute approximate surface area is 123 Å². The summed E-state index contributed by atoms with van der Waals surface area (Å²) >= 11 is 1.46. The topological polar surface area (TPSA) is 70.7 Å². The molecule has 2 N–H and O–H groups in total. The number of rotatable bonds is 4. The smallest absolute Gasteiger partial charge is 0.252 e. The number of H-pyrrole nitrogens is 1. The van der Waals surface area contributed by atoms with Crippen LogP contribution in [0.5, 0.6) is 0 Å². The largest absolute Gasteiger partial charge is 0.345 e. The van der Waals surface area contributed by atoms with Gasteiger partial charge in [-0.2, -0.15) is 16.4 Å². The van der Waals surface area contributed by atoms with E-state index in [0.29, 0.717) is 22.8 Å². The maximum atomic E-state index is 12.9. The van der Waals surface area contributed by atoms with Crippen LogP contribution in [0, 0.1) is 5.82 Å². The van der Waals surface area contributed by atoms with E-state index in [1.807, 2.05) is 5.38 Å². The van der Waals surface area contributed by atoms with Gasteiger partial charge in [-0.3, -0.25) is 9.89 Å². The average molecular weight is 302 g/mol. The summed E-state index contributed by atoms with van der Waals surface area (Å²) in [5, 5.41) is 13.2. The zero-order valence-corrected chi connectivity index (χ0v) is 11.7. The Morgan fingerprint density at radius 3 is 2.81 bits per heavy atom. The molecule has 5 nitrogen and oxygen atoms in total. The quantitative estimate of drug-likeness (QED) is 0.778. The molecule has 0 aliphatic rings. The summed E-state index contributed by atoms with van der Waals surface area (Å²) in [6, 6.07) is 7.66. The van der Waals surface area contributed by atoms with E-state index in [2.05, 4.69) is 20.5 Å². The number of hydrogen-bond donors (Lipinski definition) is 2. The first-order chi connectivity index (χ1) is 10.2. The third-order valence-corrected chi connectivity index (χ3v) is 3.52. The van der Waals surface area contributed by atoms with E-state index in [9.17, 15) is 9.18 Å². The first-order valence-electron chi connectivity index (χ1n) is 6.20. The standard InChI is InChI=1S/C14H11FN4OS/c15-11-3-1-9(2-4-11)13-17-12(18-19-13)7-16-14(20)10-5-6-21-8-10/h1-6,8H,7H2,(H,16,20)(H,17,18,19). The number of nitrogens with one attached hydrogen (secondary N) is 2. The van der Waals surface area contributed by atoms with Crippen LogP contribution in [0.1, 0.15) is 16.2 Å². The van der Waals surface area contributed by atoms with Gasteiger partial charge in [-0.05, 0) is 35.7 Å². The Kier molecular flexibility index (Phi) is 3.74. The van der Waals surface area contributed by atoms with E-state index in [0.717, 1.165) is 0 Å². The summed E-state index contributed by atoms with van der Waals surface area (Å²) < 4.78 is 12.9. The van der Waals surface area contributed by atoms with E-state index in [1.165, 1.54) is 23.5 Å². The highest BCUT2D eigenvalue weighted by atomic mass is 32.1. The van der Waals surface area contributed by atoms with Gasteiger partial charge in [0.1, 0.15) is 11.6 Å². The fourth-order valence-corrected chi connectivity index (χ4v) is 2.40. The number of amides is 1. The maximum absolute atomic E-state index is 12.9. The minimum absolute atomic E-state index is 0.156. The van der Waals surface area contributed by atoms with Gasteiger partial charge in [0.15, 0.2) is 5.82 Å². The van der Waals surface area contributed by atoms with Gasteiger partial charge >= 0.3 is 0 Å². The molecular weight excluding hydrogens is 291 g/mol. The second-order valence-corrected chi connectivity index (χ2v) is 5.09. The number of carbonyl (C=O) groups excluding carboxylic acids is 1. The summed E-state index contributed by atoms with van der Waals surface area (Å²) in [4.78, 5) is 16.0. The average Bonchev–Trinajstić information content (AvgIpc) is 3.17. The van der Waals surface area contributed by atoms with Crippen molar-refractivity contribution in [3.63, 3.8) is 0 Å². The molecule has 2 heterocycles. The minimum atomic E-state index is -0.308. The molecule has 0 bridgehead atoms. The fourth-order valence-electron chi connectivity index (χ4n) is 1.76. The minimum Gasteiger partial charge on any atom is -0.345 e. The number of nitrogens with zero attached hydrogens (tertiary/aromatic N) is 2. The third kappa shape index (κ3) is 3.14. The zero-order chi connectivity index (χ0) is 14.7. The first kappa shape index (κ1) is 13.4. The van der Waals surface area contributed by atoms with Gasteiger partial charge in [-0.15, -0.1) is 0 Å². The van der Waals surface area contributed by atoms with Crippen LogP contribution in [0.25, 0.3) is 11.4 Å². The van der Waals surface area contributed by atoms with Crippen LogP contribution in [0.4, 0.5) is 4.39 Å². The van der Waals surface area contributed by atoms with E-state index in [-0.39, 0.29) is 18.3 Å². The lowest BCUT2D eigenvalue weighted by Gasteiger charge is -1.99. The first-order valence-corrected chi connectivity index (χ1v) is 7.14. The molecule has 1 amide bonds. The summed E-state index contributed by atoms with van der Waals surface area (Å²) in [6.45, 7) is 0.253. The molecule has 106 valence electrons. The summed E-state index contributed by atoms with van der Waals surface area (Å²) in [6.07, 6.45) is 0. The summed E-state index contributed by atoms with van der Waals surface area (Å²) in [7, 11) is 0. The molecule has 1 aromatic carbocycles. The summed E-state index contributed by atoms with van der Waals surface area (Å²) in [5.41, 5.74) is 1.33. The molecule has 0 unspecified atom stereocenters. The molecule has 0 aliphatic heterocycles. The van der Waals surface area contributed by atoms with Gasteiger partial charge in [0, 0.05) is 16.5 Å². The van der Waals surface area contributed by atoms with Crippen LogP contribution >= 0.6 is 11.3 Å². The van der Waals surface area contributed by atoms with Gasteiger partial charge in [-0.25, -0.2) is 9.37 Å². The van der Waals surface area contributed by atoms with Crippen molar-refractivity contribution in [1.82, 2.24) is 20.5 Å². The lowest BCUT2D eigenvalue weighted by Crippen LogP contribution is -2.22. The number of aromatic amines is 1. The highest BCUT2D eigenvalue weighted by Crippen LogP contribution is 2.14. The van der Waals surface area contributed by atoms with Gasteiger partial charge in [-0.1, -0.05) is 0 Å². The molecule has 0 saturated carbocycles. The van der Waals surface area contributed by atoms with Gasteiger partial charge in [0.25, 0.3) is 5.91 Å². The number of benzene rings is 1. The van der Waals surface area contributed by atoms with Crippen LogP contribution in [0.3, 0.4) is 0 Å². The van der Waals surface area contributed by atoms with Gasteiger partial charge in [0.05, 0.1) is 6.54 Å². The molecule has 3 rings (SSSR count). The lowest BCUT2D eigenvalue weighted by atomic mass is 10.2. The number of thiophene rings is 1. The van der Waals surface area contributed by atoms with E-state index >= 15 is 0 Å². The normalized spacial score (nSPS) is 10.5. The Bertz CT molecular complexity index is 737. The number of halogens is 1. The Morgan fingerprint density at radius 2 is 2.10 bits per heavy atom. The van der Waals surface area contributed by atoms with Crippen molar-refractivity contribution >= 4 is 17.2 Å². The highest BCUT2D eigenvalue weighted by Gasteiger charge is 2.09. The van der Waals surface area contributed by atoms with E-state index < -0.39 is 0 Å². The van der Waals surface area contributed by atoms with Crippen LogP contribution in [-0.2, 0) is 6.54 Å². The zero-order valence-electron chi connectivity index (χ0n) is 10.8. The third-order valence-electron chi connectivity index (χ3n) is 2.83. The van der Waals surface area contributed by atoms with Crippen molar-refractivity contribution in [1.29, 1.82) is 0 Å². The molecule has 7 heteroatoms. The van der Waals surface area contributed by atoms with Crippen LogP contribution in [-0.4, -0.2) is 21.1 Å². The number of carbonyl (C=O) groups is 1. The second kappa shape index (κ2) is 5.84. The molecule has 0 radical (unpaired) electrons. The van der Waals surface area contributed by atoms with Crippen molar-refractivity contribution < 1.29 is 9.18 Å². The van der Waals surface area contributed by atoms with Crippen molar-refractivity contribution in [3.05, 3.63) is 58.3 Å². The van der Waals surface area contributed by atoms with Gasteiger partial charge < -0.3 is 5.32 Å². The SMILES string of the molecule is O=C(NCc1nc(-c2ccc(F)cc2)n[nH]1)c1ccsc1. The lowest BCUT2D eigenvalue weighted by molar-refractivity contribution is 0.0950. The molecule has 0 atom stereocenters. The van der Waals surface area contributed by atoms with Crippen molar-refractivity contribution in [2.75, 3.05) is 0 Å². The molecule has 2 aromatic heterocycles. The van der Waals surface area contributed by atoms with Crippen LogP contribution in [0.2, 0.25) is 0 Å². The van der Waals surface area contributed by atoms with Crippen LogP contribution in [0.15, 0.2) is 41.1 Å². The summed E-state index contributed by atoms with van der Waals surface area (Å²) in [5.74, 6) is 0.543. The highest BCUT2D eigenvalue weighted by molar-refractivity contribution is 7.08. The van der Waals surface area contributed by atoms with Crippen LogP contribution < -0.4 is 5.32 Å². The molecule has 0 aliphatic carbocycles. The van der Waals surface area contributed by atoms with E-state index in [4.69, 9.17) is 0 Å². The van der Waals surface area contributed by atoms with Gasteiger partial charge in [0.2, 0.25) is 0 Å². The fraction of sp³-hybridized carbons (Fsp3) is 0.0714. The van der Waals surface area contributed by atoms with Crippen molar-refractivity contribution in [2.45, 2.75) is 6.54 Å². The number of hydrogen-bond acceptors (Lipinski definition) is 4. The van der Waals surface area contributed by atoms with Crippen molar-refractivity contribution in [2.24, 2.45) is 0 Å². The van der Waals surface area contributed by atoms with E-state index in [1.54, 1.807) is 23.6 Å². The maximum Gasteiger partial charge on any atom is 0.252 e.